The topological polar surface area (TPSA) is 140 Å². The van der Waals surface area contributed by atoms with Crippen LogP contribution in [0.1, 0.15) is 18.7 Å². The molecule has 3 heterocycles. The second-order valence-corrected chi connectivity index (χ2v) is 12.2. The predicted octanol–water partition coefficient (Wildman–Crippen LogP) is 5.10. The van der Waals surface area contributed by atoms with Gasteiger partial charge in [-0.25, -0.2) is 27.7 Å². The van der Waals surface area contributed by atoms with E-state index >= 15 is 0 Å². The maximum Gasteiger partial charge on any atom is 0.175 e. The molecular formula is C29H26ClN7O4S. The van der Waals surface area contributed by atoms with Gasteiger partial charge in [0.05, 0.1) is 47.4 Å². The fraction of sp³-hybridized carbons (Fsp3) is 0.172. The van der Waals surface area contributed by atoms with Crippen LogP contribution in [0.4, 0.5) is 5.82 Å². The number of anilines is 1. The smallest absolute Gasteiger partial charge is 0.175 e. The summed E-state index contributed by atoms with van der Waals surface area (Å²) in [6.07, 6.45) is 2.57. The molecule has 0 fully saturated rings. The number of nitrogens with zero attached hydrogens (tertiary/aromatic N) is 6. The van der Waals surface area contributed by atoms with Crippen molar-refractivity contribution in [1.82, 2.24) is 29.5 Å². The van der Waals surface area contributed by atoms with Gasteiger partial charge in [0.2, 0.25) is 0 Å². The Labute approximate surface area is 246 Å². The highest BCUT2D eigenvalue weighted by Gasteiger charge is 2.26. The summed E-state index contributed by atoms with van der Waals surface area (Å²) in [6.45, 7) is 1.96. The monoisotopic (exact) mass is 603 g/mol. The minimum atomic E-state index is -3.43. The van der Waals surface area contributed by atoms with Crippen molar-refractivity contribution in [2.45, 2.75) is 17.9 Å². The molecule has 6 aromatic rings. The molecule has 1 unspecified atom stereocenters. The van der Waals surface area contributed by atoms with Gasteiger partial charge in [-0.2, -0.15) is 10.2 Å². The Balaban J connectivity index is 1.56. The number of methoxy groups -OCH3 is 2. The first kappa shape index (κ1) is 27.5. The molecule has 3 aromatic heterocycles. The van der Waals surface area contributed by atoms with Gasteiger partial charge in [0, 0.05) is 22.2 Å². The first-order valence-electron chi connectivity index (χ1n) is 12.8. The highest BCUT2D eigenvalue weighted by molar-refractivity contribution is 7.90. The number of rotatable bonds is 7. The SMILES string of the molecule is COc1ccc(-c2nn(C(C)c3nn(-c4cccc(S(C)(=O)=O)c4)c4cc(Cl)ccc34)c3ncnc(N)c23)cc1OC. The third-order valence-corrected chi connectivity index (χ3v) is 8.45. The number of benzene rings is 3. The average Bonchev–Trinajstić information content (AvgIpc) is 3.56. The molecule has 3 aromatic carbocycles. The molecule has 0 saturated heterocycles. The summed E-state index contributed by atoms with van der Waals surface area (Å²) in [4.78, 5) is 8.95. The Morgan fingerprint density at radius 2 is 1.74 bits per heavy atom. The Kier molecular flexibility index (Phi) is 6.74. The summed E-state index contributed by atoms with van der Waals surface area (Å²) in [6, 6.07) is 17.1. The van der Waals surface area contributed by atoms with Crippen LogP contribution in [0.2, 0.25) is 5.02 Å². The summed E-state index contributed by atoms with van der Waals surface area (Å²) >= 11 is 6.40. The lowest BCUT2D eigenvalue weighted by atomic mass is 10.1. The molecule has 0 aliphatic carbocycles. The lowest BCUT2D eigenvalue weighted by Gasteiger charge is -2.11. The van der Waals surface area contributed by atoms with Gasteiger partial charge in [0.15, 0.2) is 27.0 Å². The van der Waals surface area contributed by atoms with Crippen LogP contribution in [-0.4, -0.2) is 58.4 Å². The molecule has 11 nitrogen and oxygen atoms in total. The highest BCUT2D eigenvalue weighted by atomic mass is 35.5. The summed E-state index contributed by atoms with van der Waals surface area (Å²) < 4.78 is 38.9. The zero-order valence-corrected chi connectivity index (χ0v) is 24.7. The number of sulfone groups is 1. The van der Waals surface area contributed by atoms with E-state index in [9.17, 15) is 8.42 Å². The maximum atomic E-state index is 12.3. The average molecular weight is 604 g/mol. The van der Waals surface area contributed by atoms with Crippen molar-refractivity contribution in [3.63, 3.8) is 0 Å². The largest absolute Gasteiger partial charge is 0.493 e. The minimum Gasteiger partial charge on any atom is -0.493 e. The van der Waals surface area contributed by atoms with E-state index in [1.807, 2.05) is 25.1 Å². The molecule has 42 heavy (non-hydrogen) atoms. The van der Waals surface area contributed by atoms with Crippen molar-refractivity contribution in [3.05, 3.63) is 77.7 Å². The molecular weight excluding hydrogens is 578 g/mol. The quantitative estimate of drug-likeness (QED) is 0.264. The number of fused-ring (bicyclic) bond motifs is 2. The fourth-order valence-electron chi connectivity index (χ4n) is 5.03. The first-order valence-corrected chi connectivity index (χ1v) is 15.1. The normalized spacial score (nSPS) is 12.6. The molecule has 0 saturated carbocycles. The van der Waals surface area contributed by atoms with E-state index in [1.54, 1.807) is 66.0 Å². The van der Waals surface area contributed by atoms with E-state index in [2.05, 4.69) is 9.97 Å². The van der Waals surface area contributed by atoms with Crippen molar-refractivity contribution in [1.29, 1.82) is 0 Å². The third kappa shape index (κ3) is 4.58. The zero-order valence-electron chi connectivity index (χ0n) is 23.1. The number of ether oxygens (including phenoxy) is 2. The molecule has 0 radical (unpaired) electrons. The Bertz CT molecular complexity index is 2110. The minimum absolute atomic E-state index is 0.185. The Morgan fingerprint density at radius 1 is 0.952 bits per heavy atom. The Hall–Kier alpha value is -4.68. The summed E-state index contributed by atoms with van der Waals surface area (Å²) in [7, 11) is -0.294. The number of aromatic nitrogens is 6. The lowest BCUT2D eigenvalue weighted by molar-refractivity contribution is 0.355. The molecule has 0 bridgehead atoms. The second-order valence-electron chi connectivity index (χ2n) is 9.72. The Morgan fingerprint density at radius 3 is 2.48 bits per heavy atom. The van der Waals surface area contributed by atoms with Gasteiger partial charge in [0.1, 0.15) is 17.8 Å². The summed E-state index contributed by atoms with van der Waals surface area (Å²) in [5, 5.41) is 11.8. The maximum absolute atomic E-state index is 12.3. The van der Waals surface area contributed by atoms with Gasteiger partial charge >= 0.3 is 0 Å². The van der Waals surface area contributed by atoms with Crippen molar-refractivity contribution in [2.75, 3.05) is 26.2 Å². The summed E-state index contributed by atoms with van der Waals surface area (Å²) in [5.74, 6) is 1.40. The molecule has 13 heteroatoms. The first-order chi connectivity index (χ1) is 20.1. The van der Waals surface area contributed by atoms with Gasteiger partial charge < -0.3 is 15.2 Å². The van der Waals surface area contributed by atoms with E-state index in [0.29, 0.717) is 50.1 Å². The van der Waals surface area contributed by atoms with Crippen molar-refractivity contribution in [2.24, 2.45) is 0 Å². The highest BCUT2D eigenvalue weighted by Crippen LogP contribution is 2.38. The number of halogens is 1. The van der Waals surface area contributed by atoms with Gasteiger partial charge in [-0.3, -0.25) is 0 Å². The van der Waals surface area contributed by atoms with Crippen LogP contribution in [0.15, 0.2) is 71.9 Å². The molecule has 2 N–H and O–H groups in total. The molecule has 0 spiro atoms. The number of nitrogen functional groups attached to an aromatic ring is 1. The third-order valence-electron chi connectivity index (χ3n) is 7.10. The van der Waals surface area contributed by atoms with Crippen LogP contribution in [0.25, 0.3) is 38.9 Å². The molecule has 0 aliphatic rings. The van der Waals surface area contributed by atoms with Gasteiger partial charge in [-0.1, -0.05) is 17.7 Å². The second kappa shape index (κ2) is 10.3. The summed E-state index contributed by atoms with van der Waals surface area (Å²) in [5.41, 5.74) is 10.2. The molecule has 0 aliphatic heterocycles. The number of hydrogen-bond acceptors (Lipinski definition) is 9. The molecule has 1 atom stereocenters. The van der Waals surface area contributed by atoms with Crippen LogP contribution >= 0.6 is 11.6 Å². The van der Waals surface area contributed by atoms with Gasteiger partial charge in [-0.15, -0.1) is 0 Å². The van der Waals surface area contributed by atoms with Crippen LogP contribution in [0.5, 0.6) is 11.5 Å². The van der Waals surface area contributed by atoms with E-state index in [4.69, 9.17) is 37.0 Å². The molecule has 214 valence electrons. The van der Waals surface area contributed by atoms with E-state index < -0.39 is 15.9 Å². The van der Waals surface area contributed by atoms with Crippen molar-refractivity contribution >= 4 is 49.2 Å². The van der Waals surface area contributed by atoms with Crippen LogP contribution < -0.4 is 15.2 Å². The van der Waals surface area contributed by atoms with E-state index in [0.717, 1.165) is 10.9 Å². The van der Waals surface area contributed by atoms with Crippen molar-refractivity contribution in [3.8, 4) is 28.4 Å². The lowest BCUT2D eigenvalue weighted by Crippen LogP contribution is -2.11. The molecule has 6 rings (SSSR count). The molecule has 0 amide bonds. The van der Waals surface area contributed by atoms with E-state index in [-0.39, 0.29) is 10.7 Å². The van der Waals surface area contributed by atoms with Crippen LogP contribution in [0, 0.1) is 0 Å². The van der Waals surface area contributed by atoms with Crippen LogP contribution in [0.3, 0.4) is 0 Å². The van der Waals surface area contributed by atoms with Gasteiger partial charge in [0.25, 0.3) is 0 Å². The van der Waals surface area contributed by atoms with Gasteiger partial charge in [-0.05, 0) is 61.5 Å². The zero-order chi connectivity index (χ0) is 29.8. The number of nitrogens with two attached hydrogens (primary N) is 1. The standard InChI is InChI=1S/C29H26ClN7O4S/c1-16(26-21-10-9-18(30)13-22(21)37(34-26)19-6-5-7-20(14-19)42(4,38)39)36-29-25(28(31)32-15-33-29)27(35-36)17-8-11-23(40-2)24(12-17)41-3/h5-16H,1-4H3,(H2,31,32,33). The fourth-order valence-corrected chi connectivity index (χ4v) is 5.86. The predicted molar refractivity (Wildman–Crippen MR) is 161 cm³/mol. The number of hydrogen-bond donors (Lipinski definition) is 1. The van der Waals surface area contributed by atoms with Crippen LogP contribution in [-0.2, 0) is 9.84 Å². The van der Waals surface area contributed by atoms with Crippen molar-refractivity contribution < 1.29 is 17.9 Å². The van der Waals surface area contributed by atoms with E-state index in [1.165, 1.54) is 12.6 Å².